The Balaban J connectivity index is 2.15. The third-order valence-corrected chi connectivity index (χ3v) is 3.63. The van der Waals surface area contributed by atoms with Gasteiger partial charge in [0.2, 0.25) is 5.91 Å². The molecule has 2 rings (SSSR count). The summed E-state index contributed by atoms with van der Waals surface area (Å²) in [6.07, 6.45) is 0.844. The molecule has 1 aliphatic rings. The van der Waals surface area contributed by atoms with Crippen molar-refractivity contribution in [3.8, 4) is 5.75 Å². The fourth-order valence-corrected chi connectivity index (χ4v) is 2.24. The van der Waals surface area contributed by atoms with Crippen LogP contribution in [0.5, 0.6) is 5.75 Å². The van der Waals surface area contributed by atoms with Gasteiger partial charge in [-0.05, 0) is 29.7 Å². The van der Waals surface area contributed by atoms with E-state index < -0.39 is 0 Å². The zero-order valence-electron chi connectivity index (χ0n) is 9.82. The lowest BCUT2D eigenvalue weighted by Gasteiger charge is -2.30. The maximum absolute atomic E-state index is 12.0. The Morgan fingerprint density at radius 2 is 2.29 bits per heavy atom. The first-order valence-corrected chi connectivity index (χ1v) is 6.30. The van der Waals surface area contributed by atoms with E-state index in [1.807, 2.05) is 17.9 Å². The zero-order chi connectivity index (χ0) is 12.4. The van der Waals surface area contributed by atoms with Crippen molar-refractivity contribution in [1.82, 2.24) is 4.90 Å². The molecular weight excluding hydrogens is 238 g/mol. The van der Waals surface area contributed by atoms with E-state index in [2.05, 4.69) is 0 Å². The van der Waals surface area contributed by atoms with Crippen molar-refractivity contribution in [2.45, 2.75) is 19.9 Å². The number of hydrogen-bond donors (Lipinski definition) is 1. The number of aromatic hydroxyl groups is 1. The highest BCUT2D eigenvalue weighted by Crippen LogP contribution is 2.24. The van der Waals surface area contributed by atoms with Crippen LogP contribution in [-0.2, 0) is 17.8 Å². The molecule has 0 aromatic heterocycles. The normalized spacial score (nSPS) is 16.5. The van der Waals surface area contributed by atoms with Crippen molar-refractivity contribution in [2.24, 2.45) is 5.92 Å². The number of phenols is 1. The lowest BCUT2D eigenvalue weighted by atomic mass is 9.98. The Kier molecular flexibility index (Phi) is 3.57. The molecule has 92 valence electrons. The van der Waals surface area contributed by atoms with Crippen molar-refractivity contribution in [2.75, 3.05) is 12.4 Å². The molecule has 17 heavy (non-hydrogen) atoms. The average Bonchev–Trinajstić information content (AvgIpc) is 2.36. The zero-order valence-corrected chi connectivity index (χ0v) is 10.6. The molecule has 1 aromatic rings. The number of hydrogen-bond acceptors (Lipinski definition) is 2. The number of alkyl halides is 1. The first kappa shape index (κ1) is 12.2. The summed E-state index contributed by atoms with van der Waals surface area (Å²) >= 11 is 5.70. The van der Waals surface area contributed by atoms with Gasteiger partial charge >= 0.3 is 0 Å². The maximum Gasteiger partial charge on any atom is 0.226 e. The summed E-state index contributed by atoms with van der Waals surface area (Å²) in [4.78, 5) is 13.8. The number of nitrogens with zero attached hydrogens (tertiary/aromatic N) is 1. The van der Waals surface area contributed by atoms with Gasteiger partial charge in [0.15, 0.2) is 0 Å². The summed E-state index contributed by atoms with van der Waals surface area (Å²) in [5.41, 5.74) is 2.25. The molecule has 1 heterocycles. The fourth-order valence-electron chi connectivity index (χ4n) is 2.11. The van der Waals surface area contributed by atoms with Crippen LogP contribution in [0.1, 0.15) is 18.1 Å². The van der Waals surface area contributed by atoms with Gasteiger partial charge < -0.3 is 10.0 Å². The molecule has 1 aromatic carbocycles. The van der Waals surface area contributed by atoms with Crippen LogP contribution >= 0.6 is 11.6 Å². The van der Waals surface area contributed by atoms with E-state index in [9.17, 15) is 9.90 Å². The second-order valence-electron chi connectivity index (χ2n) is 4.52. The number of carbonyl (C=O) groups is 1. The molecule has 0 radical (unpaired) electrons. The Morgan fingerprint density at radius 1 is 1.53 bits per heavy atom. The van der Waals surface area contributed by atoms with E-state index in [4.69, 9.17) is 11.6 Å². The molecule has 1 N–H and O–H groups in total. The quantitative estimate of drug-likeness (QED) is 0.821. The summed E-state index contributed by atoms with van der Waals surface area (Å²) in [6.45, 7) is 3.15. The van der Waals surface area contributed by atoms with E-state index >= 15 is 0 Å². The van der Waals surface area contributed by atoms with Crippen molar-refractivity contribution >= 4 is 17.5 Å². The van der Waals surface area contributed by atoms with E-state index in [0.717, 1.165) is 18.5 Å². The summed E-state index contributed by atoms with van der Waals surface area (Å²) in [5.74, 6) is 0.551. The summed E-state index contributed by atoms with van der Waals surface area (Å²) in [7, 11) is 0. The number of carbonyl (C=O) groups excluding carboxylic acids is 1. The predicted molar refractivity (Wildman–Crippen MR) is 67.1 cm³/mol. The summed E-state index contributed by atoms with van der Waals surface area (Å²) in [5, 5.41) is 9.44. The number of phenolic OH excluding ortho intramolecular Hbond substituents is 1. The van der Waals surface area contributed by atoms with Crippen LogP contribution in [0.15, 0.2) is 18.2 Å². The lowest BCUT2D eigenvalue weighted by molar-refractivity contribution is -0.135. The highest BCUT2D eigenvalue weighted by atomic mass is 35.5. The highest BCUT2D eigenvalue weighted by molar-refractivity contribution is 6.19. The lowest BCUT2D eigenvalue weighted by Crippen LogP contribution is -2.39. The minimum absolute atomic E-state index is 0.0917. The molecule has 0 saturated carbocycles. The van der Waals surface area contributed by atoms with Gasteiger partial charge in [0.05, 0.1) is 0 Å². The van der Waals surface area contributed by atoms with Gasteiger partial charge in [-0.3, -0.25) is 4.79 Å². The standard InChI is InChI=1S/C13H16ClNO2/c1-9(7-14)13(17)15-5-4-10-2-3-12(16)6-11(10)8-15/h2-3,6,9,16H,4-5,7-8H2,1H3. The third kappa shape index (κ3) is 2.55. The van der Waals surface area contributed by atoms with Crippen molar-refractivity contribution in [3.05, 3.63) is 29.3 Å². The molecule has 1 atom stereocenters. The first-order valence-electron chi connectivity index (χ1n) is 5.77. The average molecular weight is 254 g/mol. The molecule has 0 spiro atoms. The van der Waals surface area contributed by atoms with Gasteiger partial charge in [-0.15, -0.1) is 11.6 Å². The molecule has 1 aliphatic heterocycles. The minimum atomic E-state index is -0.143. The number of halogens is 1. The predicted octanol–water partition coefficient (Wildman–Crippen LogP) is 2.15. The molecular formula is C13H16ClNO2. The maximum atomic E-state index is 12.0. The monoisotopic (exact) mass is 253 g/mol. The molecule has 0 bridgehead atoms. The van der Waals surface area contributed by atoms with Gasteiger partial charge in [-0.2, -0.15) is 0 Å². The molecule has 3 nitrogen and oxygen atoms in total. The van der Waals surface area contributed by atoms with Gasteiger partial charge in [0.1, 0.15) is 5.75 Å². The van der Waals surface area contributed by atoms with E-state index in [0.29, 0.717) is 12.4 Å². The Labute approximate surface area is 106 Å². The summed E-state index contributed by atoms with van der Waals surface area (Å²) in [6, 6.07) is 5.36. The van der Waals surface area contributed by atoms with Crippen molar-refractivity contribution < 1.29 is 9.90 Å². The highest BCUT2D eigenvalue weighted by Gasteiger charge is 2.24. The van der Waals surface area contributed by atoms with Crippen LogP contribution in [0.4, 0.5) is 0 Å². The van der Waals surface area contributed by atoms with E-state index in [1.54, 1.807) is 12.1 Å². The van der Waals surface area contributed by atoms with Crippen LogP contribution < -0.4 is 0 Å². The van der Waals surface area contributed by atoms with Crippen molar-refractivity contribution in [3.63, 3.8) is 0 Å². The molecule has 0 saturated heterocycles. The van der Waals surface area contributed by atoms with Gasteiger partial charge in [0, 0.05) is 24.9 Å². The minimum Gasteiger partial charge on any atom is -0.508 e. The van der Waals surface area contributed by atoms with E-state index in [1.165, 1.54) is 5.56 Å². The Bertz CT molecular complexity index is 433. The topological polar surface area (TPSA) is 40.5 Å². The molecule has 0 aliphatic carbocycles. The second kappa shape index (κ2) is 4.96. The second-order valence-corrected chi connectivity index (χ2v) is 4.83. The van der Waals surface area contributed by atoms with E-state index in [-0.39, 0.29) is 17.6 Å². The first-order chi connectivity index (χ1) is 8.11. The van der Waals surface area contributed by atoms with Gasteiger partial charge in [0.25, 0.3) is 0 Å². The largest absolute Gasteiger partial charge is 0.508 e. The SMILES string of the molecule is CC(CCl)C(=O)N1CCc2ccc(O)cc2C1. The van der Waals surface area contributed by atoms with Crippen LogP contribution in [0.25, 0.3) is 0 Å². The summed E-state index contributed by atoms with van der Waals surface area (Å²) < 4.78 is 0. The van der Waals surface area contributed by atoms with Crippen LogP contribution in [0, 0.1) is 5.92 Å². The Morgan fingerprint density at radius 3 is 3.00 bits per heavy atom. The van der Waals surface area contributed by atoms with Gasteiger partial charge in [-0.1, -0.05) is 13.0 Å². The van der Waals surface area contributed by atoms with Crippen LogP contribution in [0.3, 0.4) is 0 Å². The fraction of sp³-hybridized carbons (Fsp3) is 0.462. The van der Waals surface area contributed by atoms with Crippen LogP contribution in [0.2, 0.25) is 0 Å². The smallest absolute Gasteiger partial charge is 0.226 e. The molecule has 1 unspecified atom stereocenters. The number of rotatable bonds is 2. The Hall–Kier alpha value is -1.22. The van der Waals surface area contributed by atoms with Gasteiger partial charge in [-0.25, -0.2) is 0 Å². The van der Waals surface area contributed by atoms with Crippen molar-refractivity contribution in [1.29, 1.82) is 0 Å². The third-order valence-electron chi connectivity index (χ3n) is 3.17. The molecule has 4 heteroatoms. The number of fused-ring (bicyclic) bond motifs is 1. The number of amides is 1. The van der Waals surface area contributed by atoms with Crippen LogP contribution in [-0.4, -0.2) is 28.3 Å². The molecule has 1 amide bonds. The number of benzene rings is 1. The molecule has 0 fully saturated rings.